The van der Waals surface area contributed by atoms with Gasteiger partial charge in [-0.3, -0.25) is 4.68 Å². The van der Waals surface area contributed by atoms with Crippen LogP contribution in [0.4, 0.5) is 0 Å². The van der Waals surface area contributed by atoms with Crippen LogP contribution in [0.25, 0.3) is 0 Å². The fourth-order valence-electron chi connectivity index (χ4n) is 2.42. The highest BCUT2D eigenvalue weighted by molar-refractivity contribution is 5.76. The fraction of sp³-hybridized carbons (Fsp3) is 0.692. The summed E-state index contributed by atoms with van der Waals surface area (Å²) in [6.07, 6.45) is 6.01. The largest absolute Gasteiger partial charge is 0.479 e. The molecule has 19 heavy (non-hydrogen) atoms. The molecule has 1 aliphatic heterocycles. The Hall–Kier alpha value is -1.40. The van der Waals surface area contributed by atoms with E-state index in [-0.39, 0.29) is 0 Å². The SMILES string of the molecule is COCCc1cnn(C2(C(=O)O)CCCOCC2)c1. The van der Waals surface area contributed by atoms with Crippen LogP contribution in [0.1, 0.15) is 24.8 Å². The Morgan fingerprint density at radius 1 is 1.58 bits per heavy atom. The van der Waals surface area contributed by atoms with E-state index in [1.807, 2.05) is 6.20 Å². The number of hydrogen-bond acceptors (Lipinski definition) is 4. The molecule has 1 N–H and O–H groups in total. The van der Waals surface area contributed by atoms with Gasteiger partial charge in [0.25, 0.3) is 0 Å². The first-order valence-electron chi connectivity index (χ1n) is 6.53. The van der Waals surface area contributed by atoms with Crippen LogP contribution >= 0.6 is 0 Å². The Bertz CT molecular complexity index is 422. The zero-order valence-electron chi connectivity index (χ0n) is 11.2. The van der Waals surface area contributed by atoms with E-state index in [0.717, 1.165) is 18.4 Å². The molecule has 0 aliphatic carbocycles. The molecule has 0 spiro atoms. The van der Waals surface area contributed by atoms with Gasteiger partial charge in [-0.25, -0.2) is 4.79 Å². The van der Waals surface area contributed by atoms with Crippen molar-refractivity contribution in [2.45, 2.75) is 31.2 Å². The lowest BCUT2D eigenvalue weighted by atomic mass is 9.91. The summed E-state index contributed by atoms with van der Waals surface area (Å²) in [5.41, 5.74) is 0.0228. The van der Waals surface area contributed by atoms with Gasteiger partial charge in [-0.2, -0.15) is 5.10 Å². The zero-order valence-corrected chi connectivity index (χ0v) is 11.2. The normalized spacial score (nSPS) is 24.1. The molecule has 0 bridgehead atoms. The summed E-state index contributed by atoms with van der Waals surface area (Å²) in [6.45, 7) is 1.68. The zero-order chi connectivity index (χ0) is 13.7. The summed E-state index contributed by atoms with van der Waals surface area (Å²) in [5, 5.41) is 13.9. The smallest absolute Gasteiger partial charge is 0.331 e. The molecule has 1 aliphatic rings. The summed E-state index contributed by atoms with van der Waals surface area (Å²) in [6, 6.07) is 0. The van der Waals surface area contributed by atoms with Crippen LogP contribution in [-0.2, 0) is 26.2 Å². The van der Waals surface area contributed by atoms with Gasteiger partial charge >= 0.3 is 5.97 Å². The molecule has 2 heterocycles. The van der Waals surface area contributed by atoms with Gasteiger partial charge < -0.3 is 14.6 Å². The molecule has 1 atom stereocenters. The lowest BCUT2D eigenvalue weighted by Gasteiger charge is -2.27. The van der Waals surface area contributed by atoms with E-state index >= 15 is 0 Å². The number of carbonyl (C=O) groups is 1. The van der Waals surface area contributed by atoms with E-state index < -0.39 is 11.5 Å². The van der Waals surface area contributed by atoms with Crippen molar-refractivity contribution in [1.82, 2.24) is 9.78 Å². The molecular weight excluding hydrogens is 248 g/mol. The first kappa shape index (κ1) is 14.0. The Kier molecular flexibility index (Phi) is 4.55. The number of nitrogens with zero attached hydrogens (tertiary/aromatic N) is 2. The quantitative estimate of drug-likeness (QED) is 0.864. The van der Waals surface area contributed by atoms with Crippen molar-refractivity contribution in [2.24, 2.45) is 0 Å². The van der Waals surface area contributed by atoms with Gasteiger partial charge in [-0.05, 0) is 24.8 Å². The molecule has 1 fully saturated rings. The summed E-state index contributed by atoms with van der Waals surface area (Å²) >= 11 is 0. The average molecular weight is 268 g/mol. The van der Waals surface area contributed by atoms with Crippen LogP contribution in [0.15, 0.2) is 12.4 Å². The predicted octanol–water partition coefficient (Wildman–Crippen LogP) is 1.05. The van der Waals surface area contributed by atoms with Gasteiger partial charge in [0, 0.05) is 32.9 Å². The van der Waals surface area contributed by atoms with Gasteiger partial charge in [-0.1, -0.05) is 0 Å². The summed E-state index contributed by atoms with van der Waals surface area (Å²) < 4.78 is 12.0. The number of aromatic nitrogens is 2. The number of ether oxygens (including phenoxy) is 2. The minimum atomic E-state index is -0.970. The van der Waals surface area contributed by atoms with E-state index in [1.54, 1.807) is 18.0 Å². The van der Waals surface area contributed by atoms with Gasteiger partial charge in [0.15, 0.2) is 5.54 Å². The monoisotopic (exact) mass is 268 g/mol. The molecule has 1 unspecified atom stereocenters. The van der Waals surface area contributed by atoms with E-state index in [9.17, 15) is 9.90 Å². The highest BCUT2D eigenvalue weighted by Gasteiger charge is 2.41. The maximum atomic E-state index is 11.7. The molecule has 106 valence electrons. The minimum absolute atomic E-state index is 0.452. The molecular formula is C13H20N2O4. The molecule has 6 nitrogen and oxygen atoms in total. The van der Waals surface area contributed by atoms with Crippen LogP contribution < -0.4 is 0 Å². The fourth-order valence-corrected chi connectivity index (χ4v) is 2.42. The highest BCUT2D eigenvalue weighted by atomic mass is 16.5. The second kappa shape index (κ2) is 6.16. The van der Waals surface area contributed by atoms with Crippen LogP contribution in [0.2, 0.25) is 0 Å². The number of methoxy groups -OCH3 is 1. The van der Waals surface area contributed by atoms with Crippen LogP contribution in [0, 0.1) is 0 Å². The number of carboxylic acid groups (broad SMARTS) is 1. The number of hydrogen-bond donors (Lipinski definition) is 1. The van der Waals surface area contributed by atoms with Crippen molar-refractivity contribution in [2.75, 3.05) is 26.9 Å². The number of carboxylic acids is 1. The van der Waals surface area contributed by atoms with Crippen molar-refractivity contribution in [3.8, 4) is 0 Å². The lowest BCUT2D eigenvalue weighted by Crippen LogP contribution is -2.42. The third kappa shape index (κ3) is 2.96. The second-order valence-electron chi connectivity index (χ2n) is 4.84. The maximum Gasteiger partial charge on any atom is 0.331 e. The van der Waals surface area contributed by atoms with Gasteiger partial charge in [-0.15, -0.1) is 0 Å². The van der Waals surface area contributed by atoms with E-state index in [2.05, 4.69) is 5.10 Å². The van der Waals surface area contributed by atoms with Gasteiger partial charge in [0.1, 0.15) is 0 Å². The van der Waals surface area contributed by atoms with E-state index in [1.165, 1.54) is 0 Å². The molecule has 2 rings (SSSR count). The molecule has 1 aromatic rings. The van der Waals surface area contributed by atoms with Crippen molar-refractivity contribution in [1.29, 1.82) is 0 Å². The van der Waals surface area contributed by atoms with Gasteiger partial charge in [0.2, 0.25) is 0 Å². The molecule has 0 radical (unpaired) electrons. The van der Waals surface area contributed by atoms with Gasteiger partial charge in [0.05, 0.1) is 12.8 Å². The van der Waals surface area contributed by atoms with Crippen molar-refractivity contribution >= 4 is 5.97 Å². The second-order valence-corrected chi connectivity index (χ2v) is 4.84. The highest BCUT2D eigenvalue weighted by Crippen LogP contribution is 2.29. The maximum absolute atomic E-state index is 11.7. The summed E-state index contributed by atoms with van der Waals surface area (Å²) in [5.74, 6) is -0.834. The Morgan fingerprint density at radius 3 is 3.16 bits per heavy atom. The molecule has 1 saturated heterocycles. The molecule has 0 saturated carbocycles. The van der Waals surface area contributed by atoms with Crippen LogP contribution in [0.5, 0.6) is 0 Å². The minimum Gasteiger partial charge on any atom is -0.479 e. The summed E-state index contributed by atoms with van der Waals surface area (Å²) in [7, 11) is 1.64. The molecule has 1 aromatic heterocycles. The summed E-state index contributed by atoms with van der Waals surface area (Å²) in [4.78, 5) is 11.7. The van der Waals surface area contributed by atoms with Crippen LogP contribution in [-0.4, -0.2) is 47.8 Å². The third-order valence-electron chi connectivity index (χ3n) is 3.61. The van der Waals surface area contributed by atoms with E-state index in [4.69, 9.17) is 9.47 Å². The first-order valence-corrected chi connectivity index (χ1v) is 6.53. The molecule has 0 amide bonds. The predicted molar refractivity (Wildman–Crippen MR) is 68.1 cm³/mol. The van der Waals surface area contributed by atoms with Crippen molar-refractivity contribution in [3.05, 3.63) is 18.0 Å². The number of aliphatic carboxylic acids is 1. The molecule has 6 heteroatoms. The topological polar surface area (TPSA) is 73.6 Å². The Labute approximate surface area is 112 Å². The van der Waals surface area contributed by atoms with Crippen LogP contribution in [0.3, 0.4) is 0 Å². The Balaban J connectivity index is 2.22. The van der Waals surface area contributed by atoms with Crippen molar-refractivity contribution in [3.63, 3.8) is 0 Å². The standard InChI is InChI=1S/C13H20N2O4/c1-18-7-3-11-9-14-15(10-11)13(12(16)17)4-2-6-19-8-5-13/h9-10H,2-8H2,1H3,(H,16,17). The first-order chi connectivity index (χ1) is 9.19. The molecule has 0 aromatic carbocycles. The Morgan fingerprint density at radius 2 is 2.42 bits per heavy atom. The van der Waals surface area contributed by atoms with E-state index in [0.29, 0.717) is 32.7 Å². The average Bonchev–Trinajstić information content (AvgIpc) is 2.72. The third-order valence-corrected chi connectivity index (χ3v) is 3.61. The van der Waals surface area contributed by atoms with Crippen molar-refractivity contribution < 1.29 is 19.4 Å². The number of rotatable bonds is 5. The lowest BCUT2D eigenvalue weighted by molar-refractivity contribution is -0.149.